The second-order valence-corrected chi connectivity index (χ2v) is 4.76. The Morgan fingerprint density at radius 3 is 2.68 bits per heavy atom. The van der Waals surface area contributed by atoms with Crippen molar-refractivity contribution in [2.24, 2.45) is 0 Å². The van der Waals surface area contributed by atoms with Gasteiger partial charge in [0, 0.05) is 12.5 Å². The van der Waals surface area contributed by atoms with Crippen molar-refractivity contribution in [2.45, 2.75) is 12.5 Å². The summed E-state index contributed by atoms with van der Waals surface area (Å²) in [6, 6.07) is 6.72. The van der Waals surface area contributed by atoms with E-state index in [4.69, 9.17) is 27.9 Å². The van der Waals surface area contributed by atoms with E-state index in [9.17, 15) is 5.11 Å². The van der Waals surface area contributed by atoms with Crippen molar-refractivity contribution < 1.29 is 9.84 Å². The molecule has 6 heteroatoms. The van der Waals surface area contributed by atoms with E-state index in [0.717, 1.165) is 0 Å². The van der Waals surface area contributed by atoms with Crippen LogP contribution in [0.3, 0.4) is 0 Å². The largest absolute Gasteiger partial charge is 0.481 e. The third-order valence-corrected chi connectivity index (χ3v) is 3.38. The minimum atomic E-state index is -0.714. The van der Waals surface area contributed by atoms with Crippen LogP contribution in [0.1, 0.15) is 17.4 Å². The van der Waals surface area contributed by atoms with Gasteiger partial charge in [-0.2, -0.15) is 0 Å². The zero-order valence-electron chi connectivity index (χ0n) is 10.2. The van der Waals surface area contributed by atoms with E-state index in [2.05, 4.69) is 9.97 Å². The molecule has 100 valence electrons. The van der Waals surface area contributed by atoms with E-state index >= 15 is 0 Å². The standard InChI is InChI=1S/C13H12Cl2N2O2/c1-19-13-6-9(16-7-17-13)5-12(18)8-2-3-10(14)11(15)4-8/h2-4,6-7,12,18H,5H2,1H3. The summed E-state index contributed by atoms with van der Waals surface area (Å²) in [6.07, 6.45) is 1.03. The lowest BCUT2D eigenvalue weighted by atomic mass is 10.0. The molecule has 4 nitrogen and oxygen atoms in total. The molecule has 0 saturated heterocycles. The van der Waals surface area contributed by atoms with Gasteiger partial charge in [-0.25, -0.2) is 9.97 Å². The van der Waals surface area contributed by atoms with Gasteiger partial charge in [-0.05, 0) is 17.7 Å². The van der Waals surface area contributed by atoms with Crippen LogP contribution in [0.4, 0.5) is 0 Å². The van der Waals surface area contributed by atoms with Crippen LogP contribution < -0.4 is 4.74 Å². The van der Waals surface area contributed by atoms with Gasteiger partial charge in [0.25, 0.3) is 0 Å². The third-order valence-electron chi connectivity index (χ3n) is 2.64. The van der Waals surface area contributed by atoms with Crippen molar-refractivity contribution >= 4 is 23.2 Å². The molecule has 1 heterocycles. The van der Waals surface area contributed by atoms with Gasteiger partial charge in [-0.15, -0.1) is 0 Å². The maximum absolute atomic E-state index is 10.1. The molecule has 0 spiro atoms. The molecule has 0 aliphatic rings. The van der Waals surface area contributed by atoms with Gasteiger partial charge in [0.05, 0.1) is 29.0 Å². The van der Waals surface area contributed by atoms with E-state index in [1.807, 2.05) is 0 Å². The van der Waals surface area contributed by atoms with Crippen LogP contribution in [0, 0.1) is 0 Å². The highest BCUT2D eigenvalue weighted by Gasteiger charge is 2.12. The Hall–Kier alpha value is -1.36. The lowest BCUT2D eigenvalue weighted by molar-refractivity contribution is 0.177. The molecule has 1 unspecified atom stereocenters. The summed E-state index contributed by atoms with van der Waals surface area (Å²) in [6.45, 7) is 0. The Labute approximate surface area is 121 Å². The molecular weight excluding hydrogens is 287 g/mol. The first kappa shape index (κ1) is 14.1. The van der Waals surface area contributed by atoms with Crippen molar-refractivity contribution in [3.05, 3.63) is 51.9 Å². The fourth-order valence-electron chi connectivity index (χ4n) is 1.64. The number of hydrogen-bond donors (Lipinski definition) is 1. The topological polar surface area (TPSA) is 55.2 Å². The van der Waals surface area contributed by atoms with Gasteiger partial charge in [0.15, 0.2) is 0 Å². The first-order valence-corrected chi connectivity index (χ1v) is 6.33. The van der Waals surface area contributed by atoms with Crippen molar-refractivity contribution in [2.75, 3.05) is 7.11 Å². The Kier molecular flexibility index (Phi) is 4.58. The van der Waals surface area contributed by atoms with E-state index < -0.39 is 6.10 Å². The van der Waals surface area contributed by atoms with E-state index in [-0.39, 0.29) is 0 Å². The van der Waals surface area contributed by atoms with E-state index in [1.165, 1.54) is 13.4 Å². The zero-order chi connectivity index (χ0) is 13.8. The molecule has 2 aromatic rings. The predicted octanol–water partition coefficient (Wildman–Crippen LogP) is 3.07. The molecule has 19 heavy (non-hydrogen) atoms. The van der Waals surface area contributed by atoms with Crippen LogP contribution >= 0.6 is 23.2 Å². The fourth-order valence-corrected chi connectivity index (χ4v) is 1.94. The number of benzene rings is 1. The van der Waals surface area contributed by atoms with Crippen LogP contribution in [0.15, 0.2) is 30.6 Å². The number of methoxy groups -OCH3 is 1. The lowest BCUT2D eigenvalue weighted by Crippen LogP contribution is -2.04. The van der Waals surface area contributed by atoms with Crippen LogP contribution in [-0.2, 0) is 6.42 Å². The molecule has 1 atom stereocenters. The minimum Gasteiger partial charge on any atom is -0.481 e. The normalized spacial score (nSPS) is 12.2. The number of aliphatic hydroxyl groups excluding tert-OH is 1. The summed E-state index contributed by atoms with van der Waals surface area (Å²) >= 11 is 11.8. The number of aromatic nitrogens is 2. The summed E-state index contributed by atoms with van der Waals surface area (Å²) < 4.78 is 5.01. The molecule has 1 N–H and O–H groups in total. The molecule has 0 fully saturated rings. The number of halogens is 2. The van der Waals surface area contributed by atoms with Gasteiger partial charge in [0.1, 0.15) is 6.33 Å². The smallest absolute Gasteiger partial charge is 0.216 e. The first-order chi connectivity index (χ1) is 9.10. The maximum atomic E-state index is 10.1. The number of rotatable bonds is 4. The Balaban J connectivity index is 2.15. The Morgan fingerprint density at radius 1 is 1.21 bits per heavy atom. The highest BCUT2D eigenvalue weighted by molar-refractivity contribution is 6.42. The minimum absolute atomic E-state index is 0.344. The van der Waals surface area contributed by atoms with Crippen molar-refractivity contribution in [3.63, 3.8) is 0 Å². The van der Waals surface area contributed by atoms with Gasteiger partial charge in [-0.1, -0.05) is 29.3 Å². The number of nitrogens with zero attached hydrogens (tertiary/aromatic N) is 2. The summed E-state index contributed by atoms with van der Waals surface area (Å²) in [5, 5.41) is 11.0. The van der Waals surface area contributed by atoms with Crippen molar-refractivity contribution in [1.29, 1.82) is 0 Å². The Bertz CT molecular complexity index is 578. The van der Waals surface area contributed by atoms with E-state index in [0.29, 0.717) is 33.6 Å². The molecule has 1 aromatic heterocycles. The SMILES string of the molecule is COc1cc(CC(O)c2ccc(Cl)c(Cl)c2)ncn1. The van der Waals surface area contributed by atoms with Gasteiger partial charge >= 0.3 is 0 Å². The number of aliphatic hydroxyl groups is 1. The van der Waals surface area contributed by atoms with Crippen LogP contribution in [0.2, 0.25) is 10.0 Å². The van der Waals surface area contributed by atoms with Crippen LogP contribution in [0.25, 0.3) is 0 Å². The van der Waals surface area contributed by atoms with E-state index in [1.54, 1.807) is 24.3 Å². The number of ether oxygens (including phenoxy) is 1. The van der Waals surface area contributed by atoms with Crippen LogP contribution in [-0.4, -0.2) is 22.2 Å². The van der Waals surface area contributed by atoms with Crippen molar-refractivity contribution in [3.8, 4) is 5.88 Å². The molecule has 0 aliphatic carbocycles. The summed E-state index contributed by atoms with van der Waals surface area (Å²) in [4.78, 5) is 7.99. The number of hydrogen-bond acceptors (Lipinski definition) is 4. The summed E-state index contributed by atoms with van der Waals surface area (Å²) in [5.74, 6) is 0.464. The zero-order valence-corrected chi connectivity index (χ0v) is 11.7. The summed E-state index contributed by atoms with van der Waals surface area (Å²) in [5.41, 5.74) is 1.37. The van der Waals surface area contributed by atoms with Gasteiger partial charge in [-0.3, -0.25) is 0 Å². The molecule has 2 rings (SSSR count). The molecule has 0 bridgehead atoms. The summed E-state index contributed by atoms with van der Waals surface area (Å²) in [7, 11) is 1.53. The highest BCUT2D eigenvalue weighted by atomic mass is 35.5. The second-order valence-electron chi connectivity index (χ2n) is 3.95. The fraction of sp³-hybridized carbons (Fsp3) is 0.231. The molecule has 1 aromatic carbocycles. The quantitative estimate of drug-likeness (QED) is 0.942. The highest BCUT2D eigenvalue weighted by Crippen LogP contribution is 2.27. The molecular formula is C13H12Cl2N2O2. The monoisotopic (exact) mass is 298 g/mol. The molecule has 0 saturated carbocycles. The molecule has 0 aliphatic heterocycles. The third kappa shape index (κ3) is 3.56. The average molecular weight is 299 g/mol. The predicted molar refractivity (Wildman–Crippen MR) is 73.7 cm³/mol. The van der Waals surface area contributed by atoms with Crippen molar-refractivity contribution in [1.82, 2.24) is 9.97 Å². The molecule has 0 radical (unpaired) electrons. The first-order valence-electron chi connectivity index (χ1n) is 5.58. The second kappa shape index (κ2) is 6.19. The maximum Gasteiger partial charge on any atom is 0.216 e. The van der Waals surface area contributed by atoms with Crippen LogP contribution in [0.5, 0.6) is 5.88 Å². The van der Waals surface area contributed by atoms with Gasteiger partial charge < -0.3 is 9.84 Å². The average Bonchev–Trinajstić information content (AvgIpc) is 2.42. The molecule has 0 amide bonds. The Morgan fingerprint density at radius 2 is 2.00 bits per heavy atom. The van der Waals surface area contributed by atoms with Gasteiger partial charge in [0.2, 0.25) is 5.88 Å². The lowest BCUT2D eigenvalue weighted by Gasteiger charge is -2.11.